The van der Waals surface area contributed by atoms with Gasteiger partial charge < -0.3 is 19.2 Å². The number of aromatic amines is 2. The lowest BCUT2D eigenvalue weighted by atomic mass is 10.2. The zero-order chi connectivity index (χ0) is 26.9. The van der Waals surface area contributed by atoms with Crippen molar-refractivity contribution in [1.82, 2.24) is 29.1 Å². The molecule has 2 aliphatic rings. The Kier molecular flexibility index (Phi) is 6.78. The summed E-state index contributed by atoms with van der Waals surface area (Å²) in [7, 11) is 0. The van der Waals surface area contributed by atoms with Crippen LogP contribution in [-0.4, -0.2) is 55.4 Å². The summed E-state index contributed by atoms with van der Waals surface area (Å²) in [5.41, 5.74) is 4.10. The largest absolute Gasteiger partial charge is 0.378 e. The first-order valence-corrected chi connectivity index (χ1v) is 13.7. The minimum Gasteiger partial charge on any atom is -0.378 e. The highest BCUT2D eigenvalue weighted by atomic mass is 16.5. The number of H-pyrrole nitrogens is 2. The van der Waals surface area contributed by atoms with E-state index in [0.717, 1.165) is 67.3 Å². The summed E-state index contributed by atoms with van der Waals surface area (Å²) < 4.78 is 9.06. The van der Waals surface area contributed by atoms with Crippen LogP contribution in [0.25, 0.3) is 22.2 Å². The second kappa shape index (κ2) is 10.5. The molecule has 0 amide bonds. The minimum atomic E-state index is -0.411. The highest BCUT2D eigenvalue weighted by Gasteiger charge is 2.30. The van der Waals surface area contributed by atoms with E-state index in [-0.39, 0.29) is 6.04 Å². The van der Waals surface area contributed by atoms with Crippen molar-refractivity contribution < 1.29 is 4.74 Å². The van der Waals surface area contributed by atoms with Gasteiger partial charge in [0.15, 0.2) is 11.2 Å². The molecule has 202 valence electrons. The number of ether oxygens (including phenoxy) is 1. The number of hydrogen-bond donors (Lipinski definition) is 2. The van der Waals surface area contributed by atoms with Crippen LogP contribution < -0.4 is 16.1 Å². The Bertz CT molecular complexity index is 1720. The highest BCUT2D eigenvalue weighted by molar-refractivity contribution is 5.80. The minimum absolute atomic E-state index is 0.0876. The third kappa shape index (κ3) is 4.87. The van der Waals surface area contributed by atoms with Crippen molar-refractivity contribution in [3.05, 3.63) is 86.6 Å². The second-order valence-electron chi connectivity index (χ2n) is 9.79. The molecule has 2 fully saturated rings. The number of nitrogens with one attached hydrogen (secondary N) is 2. The number of anilines is 1. The summed E-state index contributed by atoms with van der Waals surface area (Å²) in [4.78, 5) is 43.7. The van der Waals surface area contributed by atoms with E-state index in [2.05, 4.69) is 27.0 Å². The maximum Gasteiger partial charge on any atom is 0.330 e. The molecule has 1 saturated heterocycles. The molecule has 39 heavy (non-hydrogen) atoms. The van der Waals surface area contributed by atoms with Gasteiger partial charge in [-0.1, -0.05) is 44.2 Å². The van der Waals surface area contributed by atoms with Crippen molar-refractivity contribution >= 4 is 27.9 Å². The van der Waals surface area contributed by atoms with E-state index in [0.29, 0.717) is 30.0 Å². The van der Waals surface area contributed by atoms with E-state index in [9.17, 15) is 9.59 Å². The molecule has 5 aromatic rings. The first-order chi connectivity index (χ1) is 19.1. The average Bonchev–Trinajstić information content (AvgIpc) is 3.62. The average molecular weight is 528 g/mol. The molecule has 10 heteroatoms. The van der Waals surface area contributed by atoms with Crippen LogP contribution >= 0.6 is 0 Å². The van der Waals surface area contributed by atoms with Crippen LogP contribution in [0.5, 0.6) is 0 Å². The number of fused-ring (bicyclic) bond motifs is 2. The van der Waals surface area contributed by atoms with E-state index in [1.54, 1.807) is 4.57 Å². The van der Waals surface area contributed by atoms with Crippen molar-refractivity contribution in [1.29, 1.82) is 0 Å². The number of hydrogen-bond acceptors (Lipinski definition) is 6. The quantitative estimate of drug-likeness (QED) is 0.349. The Labute approximate surface area is 225 Å². The van der Waals surface area contributed by atoms with Crippen molar-refractivity contribution in [3.63, 3.8) is 0 Å². The lowest BCUT2D eigenvalue weighted by molar-refractivity contribution is 0.122. The molecule has 4 heterocycles. The fraction of sp³-hybridized carbons (Fsp3) is 0.379. The maximum atomic E-state index is 13.0. The van der Waals surface area contributed by atoms with Gasteiger partial charge >= 0.3 is 5.69 Å². The van der Waals surface area contributed by atoms with Gasteiger partial charge in [0.1, 0.15) is 11.6 Å². The number of nitrogens with zero attached hydrogens (tertiary/aromatic N) is 5. The molecule has 0 bridgehead atoms. The molecule has 0 radical (unpaired) electrons. The zero-order valence-corrected chi connectivity index (χ0v) is 22.3. The van der Waals surface area contributed by atoms with Gasteiger partial charge in [-0.05, 0) is 36.6 Å². The summed E-state index contributed by atoms with van der Waals surface area (Å²) in [6.07, 6.45) is 2.23. The van der Waals surface area contributed by atoms with Gasteiger partial charge in [-0.15, -0.1) is 0 Å². The smallest absolute Gasteiger partial charge is 0.330 e. The van der Waals surface area contributed by atoms with Crippen molar-refractivity contribution in [3.8, 4) is 0 Å². The van der Waals surface area contributed by atoms with Gasteiger partial charge in [-0.25, -0.2) is 14.8 Å². The van der Waals surface area contributed by atoms with Gasteiger partial charge in [0.25, 0.3) is 5.56 Å². The third-order valence-corrected chi connectivity index (χ3v) is 7.22. The number of imidazole rings is 2. The Balaban J connectivity index is 0.00000135. The first-order valence-electron chi connectivity index (χ1n) is 13.7. The molecular weight excluding hydrogens is 494 g/mol. The number of benzene rings is 2. The molecule has 2 aromatic carbocycles. The summed E-state index contributed by atoms with van der Waals surface area (Å²) in [5, 5.41) is 0. The Hall–Kier alpha value is -4.18. The van der Waals surface area contributed by atoms with Crippen LogP contribution in [-0.2, 0) is 17.7 Å². The van der Waals surface area contributed by atoms with Crippen LogP contribution in [0.15, 0.2) is 58.1 Å². The van der Waals surface area contributed by atoms with Gasteiger partial charge in [-0.2, -0.15) is 0 Å². The fourth-order valence-corrected chi connectivity index (χ4v) is 5.24. The SMILES string of the molecule is CC.O=c1[nH]c(=O)n(C2CC2)c2nc(Cc3nc4ccc(N5CCOCC5)cc4[nH]3)n(Cc3ccccc3)c12. The molecule has 1 aliphatic heterocycles. The molecule has 1 aliphatic carbocycles. The topological polar surface area (TPSA) is 114 Å². The predicted octanol–water partition coefficient (Wildman–Crippen LogP) is 3.60. The van der Waals surface area contributed by atoms with Crippen LogP contribution in [0.3, 0.4) is 0 Å². The van der Waals surface area contributed by atoms with Gasteiger partial charge in [0, 0.05) is 31.4 Å². The van der Waals surface area contributed by atoms with Gasteiger partial charge in [0.2, 0.25) is 0 Å². The van der Waals surface area contributed by atoms with Crippen LogP contribution in [0.4, 0.5) is 5.69 Å². The molecule has 0 spiro atoms. The van der Waals surface area contributed by atoms with Crippen molar-refractivity contribution in [2.24, 2.45) is 0 Å². The molecule has 10 nitrogen and oxygen atoms in total. The number of rotatable bonds is 6. The summed E-state index contributed by atoms with van der Waals surface area (Å²) in [6.45, 7) is 7.67. The molecular formula is C29H33N7O3. The number of morpholine rings is 1. The molecule has 1 saturated carbocycles. The fourth-order valence-electron chi connectivity index (χ4n) is 5.24. The van der Waals surface area contributed by atoms with Crippen LogP contribution in [0.2, 0.25) is 0 Å². The molecule has 0 atom stereocenters. The van der Waals surface area contributed by atoms with E-state index in [4.69, 9.17) is 14.7 Å². The first kappa shape index (κ1) is 25.1. The lowest BCUT2D eigenvalue weighted by Gasteiger charge is -2.28. The standard InChI is InChI=1S/C27H27N7O3.C2H6/c35-26-24-25(34(18-6-7-18)27(36)31-26)30-23(33(24)16-17-4-2-1-3-5-17)15-22-28-20-9-8-19(14-21(20)29-22)32-10-12-37-13-11-32;1-2/h1-5,8-9,14,18H,6-7,10-13,15-16H2,(H,28,29)(H,31,35,36);1-2H3. The third-order valence-electron chi connectivity index (χ3n) is 7.22. The van der Waals surface area contributed by atoms with Crippen LogP contribution in [0, 0.1) is 0 Å². The molecule has 3 aromatic heterocycles. The lowest BCUT2D eigenvalue weighted by Crippen LogP contribution is -2.36. The second-order valence-corrected chi connectivity index (χ2v) is 9.79. The summed E-state index contributed by atoms with van der Waals surface area (Å²) in [5.74, 6) is 1.45. The molecule has 7 rings (SSSR count). The Morgan fingerprint density at radius 2 is 1.74 bits per heavy atom. The summed E-state index contributed by atoms with van der Waals surface area (Å²) in [6, 6.07) is 16.3. The van der Waals surface area contributed by atoms with E-state index in [1.165, 1.54) is 0 Å². The van der Waals surface area contributed by atoms with E-state index < -0.39 is 11.2 Å². The molecule has 2 N–H and O–H groups in total. The number of aromatic nitrogens is 6. The Morgan fingerprint density at radius 3 is 2.49 bits per heavy atom. The molecule has 0 unspecified atom stereocenters. The summed E-state index contributed by atoms with van der Waals surface area (Å²) >= 11 is 0. The van der Waals surface area contributed by atoms with Gasteiger partial charge in [-0.3, -0.25) is 14.3 Å². The van der Waals surface area contributed by atoms with Crippen molar-refractivity contribution in [2.75, 3.05) is 31.2 Å². The normalized spacial score (nSPS) is 15.5. The van der Waals surface area contributed by atoms with Gasteiger partial charge in [0.05, 0.1) is 30.7 Å². The van der Waals surface area contributed by atoms with E-state index >= 15 is 0 Å². The Morgan fingerprint density at radius 1 is 0.974 bits per heavy atom. The monoisotopic (exact) mass is 527 g/mol. The maximum absolute atomic E-state index is 13.0. The van der Waals surface area contributed by atoms with E-state index in [1.807, 2.05) is 54.8 Å². The van der Waals surface area contributed by atoms with Crippen molar-refractivity contribution in [2.45, 2.75) is 45.7 Å². The van der Waals surface area contributed by atoms with Crippen LogP contribution in [0.1, 0.15) is 49.9 Å². The highest BCUT2D eigenvalue weighted by Crippen LogP contribution is 2.35. The zero-order valence-electron chi connectivity index (χ0n) is 22.3. The predicted molar refractivity (Wildman–Crippen MR) is 152 cm³/mol.